The second-order valence-electron chi connectivity index (χ2n) is 11.3. The third kappa shape index (κ3) is 6.90. The van der Waals surface area contributed by atoms with E-state index >= 15 is 0 Å². The van der Waals surface area contributed by atoms with Gasteiger partial charge in [0.25, 0.3) is 0 Å². The molecule has 7 atom stereocenters. The first-order valence-corrected chi connectivity index (χ1v) is 12.2. The lowest BCUT2D eigenvalue weighted by atomic mass is 9.90. The van der Waals surface area contributed by atoms with Crippen LogP contribution in [-0.2, 0) is 33.3 Å². The summed E-state index contributed by atoms with van der Waals surface area (Å²) < 4.78 is 29.2. The van der Waals surface area contributed by atoms with E-state index in [2.05, 4.69) is 0 Å². The Hall–Kier alpha value is -1.74. The molecule has 2 saturated heterocycles. The number of ether oxygens (including phenoxy) is 5. The van der Waals surface area contributed by atoms with E-state index in [9.17, 15) is 14.7 Å². The fourth-order valence-corrected chi connectivity index (χ4v) is 4.04. The van der Waals surface area contributed by atoms with Gasteiger partial charge in [-0.1, -0.05) is 18.2 Å². The van der Waals surface area contributed by atoms with Gasteiger partial charge in [0, 0.05) is 6.61 Å². The number of hydrogen-bond acceptors (Lipinski definition) is 8. The number of esters is 2. The van der Waals surface area contributed by atoms with E-state index in [1.807, 2.05) is 12.2 Å². The Morgan fingerprint density at radius 3 is 2.44 bits per heavy atom. The van der Waals surface area contributed by atoms with E-state index in [-0.39, 0.29) is 24.8 Å². The fraction of sp³-hybridized carbons (Fsp3) is 0.769. The normalized spacial score (nSPS) is 32.9. The van der Waals surface area contributed by atoms with E-state index in [1.165, 1.54) is 0 Å². The van der Waals surface area contributed by atoms with Crippen molar-refractivity contribution in [2.75, 3.05) is 13.2 Å². The number of hydrogen-bond donors (Lipinski definition) is 1. The van der Waals surface area contributed by atoms with Gasteiger partial charge in [-0.2, -0.15) is 0 Å². The molecule has 8 heteroatoms. The van der Waals surface area contributed by atoms with Crippen LogP contribution in [0.3, 0.4) is 0 Å². The molecule has 0 unspecified atom stereocenters. The van der Waals surface area contributed by atoms with E-state index in [0.717, 1.165) is 12.8 Å². The van der Waals surface area contributed by atoms with E-state index in [4.69, 9.17) is 23.7 Å². The minimum atomic E-state index is -0.790. The van der Waals surface area contributed by atoms with Crippen molar-refractivity contribution in [2.45, 2.75) is 104 Å². The summed E-state index contributed by atoms with van der Waals surface area (Å²) in [6.07, 6.45) is 6.36. The summed E-state index contributed by atoms with van der Waals surface area (Å²) in [5, 5.41) is 10.9. The standard InChI is InChI=1S/C26H40O8/c1-25(2,3)23(28)31-15-17(33-24(29)26(4,5)6)13-12-16-9-7-10-19-22(32-16)20(27)21-18(34-19)11-8-14-30-21/h7,9,12-13,16-22,27H,8,10-11,14-15H2,1-6H3/b13-12+/t16-,17+,18-,19+,20+,21-,22+/m0/s1. The molecule has 0 aliphatic carbocycles. The minimum Gasteiger partial charge on any atom is -0.461 e. The number of aliphatic hydroxyl groups is 1. The molecule has 2 fully saturated rings. The van der Waals surface area contributed by atoms with Crippen molar-refractivity contribution < 1.29 is 38.4 Å². The van der Waals surface area contributed by atoms with Crippen LogP contribution in [0.4, 0.5) is 0 Å². The third-order valence-corrected chi connectivity index (χ3v) is 6.08. The molecule has 0 saturated carbocycles. The lowest BCUT2D eigenvalue weighted by Crippen LogP contribution is -2.60. The van der Waals surface area contributed by atoms with E-state index < -0.39 is 47.3 Å². The summed E-state index contributed by atoms with van der Waals surface area (Å²) in [4.78, 5) is 24.7. The van der Waals surface area contributed by atoms with Crippen molar-refractivity contribution in [1.29, 1.82) is 0 Å². The lowest BCUT2D eigenvalue weighted by molar-refractivity contribution is -0.259. The van der Waals surface area contributed by atoms with Crippen molar-refractivity contribution in [3.63, 3.8) is 0 Å². The second kappa shape index (κ2) is 10.9. The molecule has 0 radical (unpaired) electrons. The Morgan fingerprint density at radius 1 is 1.06 bits per heavy atom. The van der Waals surface area contributed by atoms with Crippen LogP contribution in [0.1, 0.15) is 60.8 Å². The molecule has 3 heterocycles. The summed E-state index contributed by atoms with van der Waals surface area (Å²) in [6, 6.07) is 0. The van der Waals surface area contributed by atoms with Crippen LogP contribution in [0.15, 0.2) is 24.3 Å². The second-order valence-corrected chi connectivity index (χ2v) is 11.3. The average Bonchev–Trinajstić information content (AvgIpc) is 2.96. The van der Waals surface area contributed by atoms with Crippen LogP contribution in [0.5, 0.6) is 0 Å². The van der Waals surface area contributed by atoms with Gasteiger partial charge in [-0.3, -0.25) is 9.59 Å². The Kier molecular flexibility index (Phi) is 8.61. The van der Waals surface area contributed by atoms with Crippen molar-refractivity contribution >= 4 is 11.9 Å². The molecule has 3 rings (SSSR count). The Labute approximate surface area is 202 Å². The van der Waals surface area contributed by atoms with Gasteiger partial charge in [-0.15, -0.1) is 0 Å². The van der Waals surface area contributed by atoms with Gasteiger partial charge < -0.3 is 28.8 Å². The topological polar surface area (TPSA) is 101 Å². The number of fused-ring (bicyclic) bond motifs is 2. The predicted octanol–water partition coefficient (Wildman–Crippen LogP) is 3.11. The molecule has 3 aliphatic heterocycles. The highest BCUT2D eigenvalue weighted by molar-refractivity contribution is 5.76. The monoisotopic (exact) mass is 480 g/mol. The highest BCUT2D eigenvalue weighted by atomic mass is 16.6. The maximum atomic E-state index is 12.5. The first-order chi connectivity index (χ1) is 15.9. The fourth-order valence-electron chi connectivity index (χ4n) is 4.04. The zero-order valence-corrected chi connectivity index (χ0v) is 21.2. The van der Waals surface area contributed by atoms with Crippen LogP contribution in [0.2, 0.25) is 0 Å². The zero-order valence-electron chi connectivity index (χ0n) is 21.2. The quantitative estimate of drug-likeness (QED) is 0.473. The number of aliphatic hydroxyl groups excluding tert-OH is 1. The Bertz CT molecular complexity index is 775. The highest BCUT2D eigenvalue weighted by Crippen LogP contribution is 2.34. The van der Waals surface area contributed by atoms with Gasteiger partial charge in [0.15, 0.2) is 6.10 Å². The smallest absolute Gasteiger partial charge is 0.311 e. The zero-order chi connectivity index (χ0) is 25.1. The molecule has 192 valence electrons. The van der Waals surface area contributed by atoms with Gasteiger partial charge in [0.1, 0.15) is 24.9 Å². The molecule has 0 aromatic carbocycles. The Balaban J connectivity index is 1.69. The molecule has 0 aromatic heterocycles. The Morgan fingerprint density at radius 2 is 1.76 bits per heavy atom. The van der Waals surface area contributed by atoms with Crippen molar-refractivity contribution in [2.24, 2.45) is 10.8 Å². The van der Waals surface area contributed by atoms with Gasteiger partial charge >= 0.3 is 11.9 Å². The average molecular weight is 481 g/mol. The van der Waals surface area contributed by atoms with Crippen LogP contribution < -0.4 is 0 Å². The van der Waals surface area contributed by atoms with Crippen LogP contribution in [-0.4, -0.2) is 73.0 Å². The first kappa shape index (κ1) is 26.9. The SMILES string of the molecule is CC(C)(C)C(=O)OC[C@@H](/C=C/[C@@H]1C=CC[C@H]2O[C@H]3CCCO[C@@H]3[C@@H](O)[C@@H]2O1)OC(=O)C(C)(C)C. The summed E-state index contributed by atoms with van der Waals surface area (Å²) in [7, 11) is 0. The lowest BCUT2D eigenvalue weighted by Gasteiger charge is -2.46. The van der Waals surface area contributed by atoms with E-state index in [0.29, 0.717) is 13.0 Å². The molecule has 3 aliphatic rings. The van der Waals surface area contributed by atoms with Crippen molar-refractivity contribution in [3.8, 4) is 0 Å². The molecular weight excluding hydrogens is 440 g/mol. The molecule has 1 N–H and O–H groups in total. The molecule has 34 heavy (non-hydrogen) atoms. The van der Waals surface area contributed by atoms with Crippen molar-refractivity contribution in [3.05, 3.63) is 24.3 Å². The van der Waals surface area contributed by atoms with Gasteiger partial charge in [0.05, 0.1) is 29.1 Å². The number of carbonyl (C=O) groups is 2. The van der Waals surface area contributed by atoms with Crippen LogP contribution in [0.25, 0.3) is 0 Å². The highest BCUT2D eigenvalue weighted by Gasteiger charge is 2.48. The van der Waals surface area contributed by atoms with Gasteiger partial charge in [-0.25, -0.2) is 0 Å². The van der Waals surface area contributed by atoms with E-state index in [1.54, 1.807) is 53.7 Å². The van der Waals surface area contributed by atoms with Gasteiger partial charge in [-0.05, 0) is 66.9 Å². The molecule has 0 spiro atoms. The van der Waals surface area contributed by atoms with Gasteiger partial charge in [0.2, 0.25) is 0 Å². The molecule has 0 aromatic rings. The number of rotatable bonds is 5. The summed E-state index contributed by atoms with van der Waals surface area (Å²) in [5.41, 5.74) is -1.37. The third-order valence-electron chi connectivity index (χ3n) is 6.08. The summed E-state index contributed by atoms with van der Waals surface area (Å²) >= 11 is 0. The largest absolute Gasteiger partial charge is 0.461 e. The minimum absolute atomic E-state index is 0.0970. The van der Waals surface area contributed by atoms with Crippen LogP contribution in [0, 0.1) is 10.8 Å². The maximum Gasteiger partial charge on any atom is 0.311 e. The predicted molar refractivity (Wildman–Crippen MR) is 125 cm³/mol. The maximum absolute atomic E-state index is 12.5. The summed E-state index contributed by atoms with van der Waals surface area (Å²) in [6.45, 7) is 11.1. The van der Waals surface area contributed by atoms with Crippen LogP contribution >= 0.6 is 0 Å². The molecule has 0 bridgehead atoms. The molecule has 8 nitrogen and oxygen atoms in total. The summed E-state index contributed by atoms with van der Waals surface area (Å²) in [5.74, 6) is -0.779. The number of carbonyl (C=O) groups excluding carboxylic acids is 2. The molecule has 0 amide bonds. The van der Waals surface area contributed by atoms with Crippen molar-refractivity contribution in [1.82, 2.24) is 0 Å². The molecular formula is C26H40O8. The first-order valence-electron chi connectivity index (χ1n) is 12.2.